The van der Waals surface area contributed by atoms with E-state index in [2.05, 4.69) is 17.2 Å². The van der Waals surface area contributed by atoms with E-state index in [-0.39, 0.29) is 23.0 Å². The predicted molar refractivity (Wildman–Crippen MR) is 110 cm³/mol. The van der Waals surface area contributed by atoms with Crippen LogP contribution in [0.15, 0.2) is 42.6 Å². The Morgan fingerprint density at radius 1 is 1.18 bits per heavy atom. The van der Waals surface area contributed by atoms with Gasteiger partial charge >= 0.3 is 0 Å². The number of amides is 2. The van der Waals surface area contributed by atoms with Crippen molar-refractivity contribution in [2.75, 3.05) is 6.61 Å². The normalized spacial score (nSPS) is 12.9. The zero-order chi connectivity index (χ0) is 20.5. The summed E-state index contributed by atoms with van der Waals surface area (Å²) in [5.41, 5.74) is 2.77. The monoisotopic (exact) mass is 402 g/mol. The molecule has 0 aliphatic rings. The number of nitrogens with one attached hydrogen (secondary N) is 1. The Morgan fingerprint density at radius 2 is 1.86 bits per heavy atom. The number of carbonyl (C=O) groups is 2. The molecule has 0 fully saturated rings. The molecule has 2 N–H and O–H groups in total. The van der Waals surface area contributed by atoms with Gasteiger partial charge < -0.3 is 9.84 Å². The number of aliphatic hydroxyl groups excluding tert-OH is 1. The zero-order valence-corrected chi connectivity index (χ0v) is 17.2. The van der Waals surface area contributed by atoms with E-state index in [1.165, 1.54) is 6.92 Å². The topological polar surface area (TPSA) is 88.5 Å². The Hall–Kier alpha value is -2.38. The van der Waals surface area contributed by atoms with Gasteiger partial charge in [0, 0.05) is 18.4 Å². The lowest BCUT2D eigenvalue weighted by Gasteiger charge is -2.13. The lowest BCUT2D eigenvalue weighted by atomic mass is 10.1. The van der Waals surface area contributed by atoms with Crippen molar-refractivity contribution >= 4 is 22.9 Å². The molecule has 2 amide bonds. The lowest BCUT2D eigenvalue weighted by Crippen LogP contribution is -2.25. The number of aryl methyl sites for hydroxylation is 1. The van der Waals surface area contributed by atoms with Crippen LogP contribution in [-0.2, 0) is 17.6 Å². The number of benzene rings is 1. The average molecular weight is 403 g/mol. The van der Waals surface area contributed by atoms with Gasteiger partial charge in [0.25, 0.3) is 5.24 Å². The van der Waals surface area contributed by atoms with Crippen molar-refractivity contribution < 1.29 is 19.4 Å². The molecule has 7 heteroatoms. The number of aliphatic hydroxyl groups is 1. The number of pyridine rings is 1. The summed E-state index contributed by atoms with van der Waals surface area (Å²) in [6.45, 7) is 5.42. The van der Waals surface area contributed by atoms with Gasteiger partial charge in [-0.15, -0.1) is 0 Å². The molecule has 0 aliphatic heterocycles. The van der Waals surface area contributed by atoms with Crippen LogP contribution >= 0.6 is 11.8 Å². The summed E-state index contributed by atoms with van der Waals surface area (Å²) < 4.78 is 5.65. The maximum atomic E-state index is 11.6. The van der Waals surface area contributed by atoms with Crippen molar-refractivity contribution in [3.8, 4) is 5.75 Å². The van der Waals surface area contributed by atoms with Crippen LogP contribution in [0.1, 0.15) is 43.7 Å². The summed E-state index contributed by atoms with van der Waals surface area (Å²) in [4.78, 5) is 26.7. The number of ether oxygens (including phenoxy) is 1. The van der Waals surface area contributed by atoms with E-state index in [0.29, 0.717) is 17.9 Å². The van der Waals surface area contributed by atoms with Gasteiger partial charge in [-0.3, -0.25) is 19.9 Å². The van der Waals surface area contributed by atoms with Crippen LogP contribution in [0.4, 0.5) is 4.79 Å². The van der Waals surface area contributed by atoms with E-state index in [4.69, 9.17) is 4.74 Å². The lowest BCUT2D eigenvalue weighted by molar-refractivity contribution is -0.117. The summed E-state index contributed by atoms with van der Waals surface area (Å²) in [6, 6.07) is 11.3. The second-order valence-corrected chi connectivity index (χ2v) is 7.93. The van der Waals surface area contributed by atoms with Crippen LogP contribution in [0.2, 0.25) is 0 Å². The Labute approximate surface area is 169 Å². The average Bonchev–Trinajstić information content (AvgIpc) is 2.66. The van der Waals surface area contributed by atoms with Gasteiger partial charge in [-0.1, -0.05) is 43.8 Å². The fourth-order valence-electron chi connectivity index (χ4n) is 2.55. The molecule has 0 saturated heterocycles. The first-order chi connectivity index (χ1) is 13.4. The van der Waals surface area contributed by atoms with Gasteiger partial charge in [0.2, 0.25) is 5.91 Å². The van der Waals surface area contributed by atoms with Crippen LogP contribution in [0.3, 0.4) is 0 Å². The van der Waals surface area contributed by atoms with Gasteiger partial charge in [0.15, 0.2) is 0 Å². The van der Waals surface area contributed by atoms with Crippen molar-refractivity contribution in [3.63, 3.8) is 0 Å². The summed E-state index contributed by atoms with van der Waals surface area (Å²) in [5, 5.41) is 12.2. The molecule has 150 valence electrons. The van der Waals surface area contributed by atoms with E-state index in [1.54, 1.807) is 6.20 Å². The molecule has 2 rings (SSSR count). The molecule has 2 aromatic rings. The minimum atomic E-state index is -0.790. The van der Waals surface area contributed by atoms with Crippen molar-refractivity contribution in [2.45, 2.75) is 45.0 Å². The molecule has 0 aliphatic carbocycles. The Kier molecular flexibility index (Phi) is 8.47. The summed E-state index contributed by atoms with van der Waals surface area (Å²) in [5.74, 6) is 0.299. The first-order valence-electron chi connectivity index (χ1n) is 9.20. The molecule has 0 radical (unpaired) electrons. The molecule has 0 spiro atoms. The largest absolute Gasteiger partial charge is 0.490 e. The maximum absolute atomic E-state index is 11.6. The highest BCUT2D eigenvalue weighted by Crippen LogP contribution is 2.20. The number of hydrogen-bond acceptors (Lipinski definition) is 6. The third kappa shape index (κ3) is 7.32. The quantitative estimate of drug-likeness (QED) is 0.700. The molecular weight excluding hydrogens is 376 g/mol. The third-order valence-electron chi connectivity index (χ3n) is 4.04. The van der Waals surface area contributed by atoms with E-state index in [9.17, 15) is 14.7 Å². The Bertz CT molecular complexity index is 778. The van der Waals surface area contributed by atoms with Gasteiger partial charge in [-0.05, 0) is 42.2 Å². The van der Waals surface area contributed by atoms with E-state index >= 15 is 0 Å². The molecule has 0 bridgehead atoms. The number of hydrogen-bond donors (Lipinski definition) is 2. The molecular formula is C21H26N2O4S. The zero-order valence-electron chi connectivity index (χ0n) is 16.3. The Balaban J connectivity index is 1.81. The third-order valence-corrected chi connectivity index (χ3v) is 4.92. The van der Waals surface area contributed by atoms with Crippen LogP contribution in [0.25, 0.3) is 0 Å². The highest BCUT2D eigenvalue weighted by molar-refractivity contribution is 8.14. The van der Waals surface area contributed by atoms with Gasteiger partial charge in [-0.25, -0.2) is 0 Å². The molecule has 2 unspecified atom stereocenters. The molecule has 28 heavy (non-hydrogen) atoms. The van der Waals surface area contributed by atoms with Crippen molar-refractivity contribution in [1.29, 1.82) is 0 Å². The smallest absolute Gasteiger partial charge is 0.285 e. The van der Waals surface area contributed by atoms with E-state index in [0.717, 1.165) is 29.3 Å². The maximum Gasteiger partial charge on any atom is 0.285 e. The van der Waals surface area contributed by atoms with Gasteiger partial charge in [0.05, 0.1) is 5.69 Å². The Morgan fingerprint density at radius 3 is 2.43 bits per heavy atom. The molecule has 1 heterocycles. The van der Waals surface area contributed by atoms with Crippen LogP contribution < -0.4 is 10.1 Å². The molecule has 2 atom stereocenters. The summed E-state index contributed by atoms with van der Waals surface area (Å²) in [7, 11) is 0. The van der Waals surface area contributed by atoms with Crippen molar-refractivity contribution in [3.05, 3.63) is 59.4 Å². The highest BCUT2D eigenvalue weighted by Gasteiger charge is 2.13. The second-order valence-electron chi connectivity index (χ2n) is 6.52. The highest BCUT2D eigenvalue weighted by atomic mass is 32.2. The van der Waals surface area contributed by atoms with Crippen LogP contribution in [0, 0.1) is 0 Å². The number of aromatic nitrogens is 1. The number of rotatable bonds is 8. The van der Waals surface area contributed by atoms with E-state index in [1.807, 2.05) is 43.3 Å². The molecule has 6 nitrogen and oxygen atoms in total. The number of imide groups is 1. The molecule has 1 aromatic carbocycles. The standard InChI is InChI=1S/C21H26N2O4S/c1-4-16-7-10-19(22-12-16)20(25)13-27-18-8-5-17(6-9-18)11-14(2)28-21(26)23-15(3)24/h5-10,12,14,20,25H,4,11,13H2,1-3H3,(H,23,24,26). The predicted octanol–water partition coefficient (Wildman–Crippen LogP) is 3.68. The fourth-order valence-corrected chi connectivity index (χ4v) is 3.40. The van der Waals surface area contributed by atoms with Crippen molar-refractivity contribution in [2.24, 2.45) is 0 Å². The first-order valence-corrected chi connectivity index (χ1v) is 10.1. The summed E-state index contributed by atoms with van der Waals surface area (Å²) >= 11 is 1.10. The summed E-state index contributed by atoms with van der Waals surface area (Å²) in [6.07, 6.45) is 2.57. The fraction of sp³-hybridized carbons (Fsp3) is 0.381. The van der Waals surface area contributed by atoms with Gasteiger partial charge in [0.1, 0.15) is 18.5 Å². The molecule has 1 aromatic heterocycles. The number of thioether (sulfide) groups is 1. The van der Waals surface area contributed by atoms with Crippen LogP contribution in [-0.4, -0.2) is 33.1 Å². The minimum absolute atomic E-state index is 0.0325. The van der Waals surface area contributed by atoms with Crippen LogP contribution in [0.5, 0.6) is 5.75 Å². The minimum Gasteiger partial charge on any atom is -0.490 e. The number of carbonyl (C=O) groups excluding carboxylic acids is 2. The number of nitrogens with zero attached hydrogens (tertiary/aromatic N) is 1. The second kappa shape index (κ2) is 10.8. The van der Waals surface area contributed by atoms with Gasteiger partial charge in [-0.2, -0.15) is 0 Å². The molecule has 0 saturated carbocycles. The van der Waals surface area contributed by atoms with E-state index < -0.39 is 6.10 Å². The first kappa shape index (κ1) is 21.9. The van der Waals surface area contributed by atoms with Crippen molar-refractivity contribution in [1.82, 2.24) is 10.3 Å². The SMILES string of the molecule is CCc1ccc(C(O)COc2ccc(CC(C)SC(=O)NC(C)=O)cc2)nc1.